The fraction of sp³-hybridized carbons (Fsp3) is 0.400. The summed E-state index contributed by atoms with van der Waals surface area (Å²) in [6.45, 7) is 1.81. The van der Waals surface area contributed by atoms with E-state index in [4.69, 9.17) is 0 Å². The van der Waals surface area contributed by atoms with Gasteiger partial charge in [0.05, 0.1) is 6.41 Å². The third-order valence-corrected chi connectivity index (χ3v) is 0.564. The summed E-state index contributed by atoms with van der Waals surface area (Å²) in [4.78, 5) is 19.6. The van der Waals surface area contributed by atoms with Crippen LogP contribution in [0.3, 0.4) is 0 Å². The van der Waals surface area contributed by atoms with E-state index in [-0.39, 0.29) is 38.6 Å². The van der Waals surface area contributed by atoms with E-state index >= 15 is 0 Å². The SMILES string of the molecule is CC[CH-]C(=O)N[C-]=O.[Y]. The van der Waals surface area contributed by atoms with E-state index in [1.54, 1.807) is 0 Å². The van der Waals surface area contributed by atoms with Crippen molar-refractivity contribution in [1.29, 1.82) is 0 Å². The molecule has 0 saturated heterocycles. The van der Waals surface area contributed by atoms with Crippen molar-refractivity contribution < 1.29 is 42.3 Å². The standard InChI is InChI=1S/C5H7NO2.Y/c1-2-3-5(8)6-4-7;/h3H,2H2,1H3,(H,6,7,8);/q-2;. The molecule has 49 valence electrons. The minimum absolute atomic E-state index is 0. The van der Waals surface area contributed by atoms with Crippen LogP contribution in [0.5, 0.6) is 0 Å². The largest absolute Gasteiger partial charge is 0.487 e. The van der Waals surface area contributed by atoms with E-state index < -0.39 is 0 Å². The van der Waals surface area contributed by atoms with E-state index in [9.17, 15) is 9.59 Å². The normalized spacial score (nSPS) is 6.78. The molecule has 0 aliphatic rings. The average molecular weight is 202 g/mol. The van der Waals surface area contributed by atoms with Crippen molar-refractivity contribution in [3.8, 4) is 0 Å². The molecule has 0 rings (SSSR count). The molecule has 1 radical (unpaired) electrons. The van der Waals surface area contributed by atoms with Gasteiger partial charge in [0.2, 0.25) is 0 Å². The van der Waals surface area contributed by atoms with Crippen LogP contribution in [0.1, 0.15) is 13.3 Å². The molecule has 0 aliphatic carbocycles. The quantitative estimate of drug-likeness (QED) is 0.508. The Morgan fingerprint density at radius 3 is 2.67 bits per heavy atom. The Morgan fingerprint density at radius 2 is 2.33 bits per heavy atom. The van der Waals surface area contributed by atoms with Crippen LogP contribution in [0.15, 0.2) is 0 Å². The van der Waals surface area contributed by atoms with E-state index in [0.717, 1.165) is 0 Å². The molecular formula is C5H7NO2Y-2. The predicted octanol–water partition coefficient (Wildman–Crippen LogP) is -0.218. The van der Waals surface area contributed by atoms with Gasteiger partial charge in [-0.15, -0.1) is 0 Å². The van der Waals surface area contributed by atoms with Gasteiger partial charge >= 0.3 is 0 Å². The number of nitrogens with one attached hydrogen (secondary N) is 1. The molecule has 0 spiro atoms. The Hall–Kier alpha value is 0.114. The van der Waals surface area contributed by atoms with Gasteiger partial charge in [0.25, 0.3) is 0 Å². The first kappa shape index (κ1) is 11.9. The summed E-state index contributed by atoms with van der Waals surface area (Å²) in [5.74, 6) is -0.387. The Bertz CT molecular complexity index is 95.0. The van der Waals surface area contributed by atoms with Crippen LogP contribution in [0.2, 0.25) is 0 Å². The van der Waals surface area contributed by atoms with E-state index in [1.165, 1.54) is 12.8 Å². The predicted molar refractivity (Wildman–Crippen MR) is 28.4 cm³/mol. The first-order valence-electron chi connectivity index (χ1n) is 2.31. The third kappa shape index (κ3) is 8.11. The molecule has 2 amide bonds. The molecule has 0 aromatic heterocycles. The number of carbonyl (C=O) groups excluding carboxylic acids is 2. The van der Waals surface area contributed by atoms with Crippen LogP contribution in [0, 0.1) is 6.42 Å². The van der Waals surface area contributed by atoms with Gasteiger partial charge in [-0.25, -0.2) is 0 Å². The zero-order chi connectivity index (χ0) is 6.41. The van der Waals surface area contributed by atoms with Crippen LogP contribution >= 0.6 is 0 Å². The van der Waals surface area contributed by atoms with E-state index in [0.29, 0.717) is 6.42 Å². The zero-order valence-electron chi connectivity index (χ0n) is 5.18. The van der Waals surface area contributed by atoms with Crippen LogP contribution in [-0.4, -0.2) is 12.3 Å². The van der Waals surface area contributed by atoms with Gasteiger partial charge in [0.15, 0.2) is 0 Å². The maximum Gasteiger partial charge on any atom is 0.0694 e. The van der Waals surface area contributed by atoms with Crippen molar-refractivity contribution in [2.75, 3.05) is 0 Å². The second-order valence-electron chi connectivity index (χ2n) is 1.20. The van der Waals surface area contributed by atoms with Crippen molar-refractivity contribution in [2.24, 2.45) is 0 Å². The monoisotopic (exact) mass is 202 g/mol. The number of hydrogen-bond donors (Lipinski definition) is 1. The molecule has 0 aliphatic heterocycles. The average Bonchev–Trinajstić information content (AvgIpc) is 1.68. The van der Waals surface area contributed by atoms with Crippen LogP contribution < -0.4 is 5.32 Å². The Labute approximate surface area is 79.5 Å². The molecule has 0 heterocycles. The van der Waals surface area contributed by atoms with Gasteiger partial charge in [-0.1, -0.05) is 12.8 Å². The number of rotatable bonds is 3. The second kappa shape index (κ2) is 8.11. The Balaban J connectivity index is 0. The fourth-order valence-electron chi connectivity index (χ4n) is 0.287. The summed E-state index contributed by atoms with van der Waals surface area (Å²) in [5.41, 5.74) is 0. The Kier molecular flexibility index (Phi) is 10.7. The van der Waals surface area contributed by atoms with Crippen molar-refractivity contribution in [3.63, 3.8) is 0 Å². The number of carbonyl (C=O) groups is 1. The molecule has 0 fully saturated rings. The molecule has 0 saturated carbocycles. The first-order chi connectivity index (χ1) is 3.81. The van der Waals surface area contributed by atoms with Gasteiger partial charge in [-0.05, 0) is 0 Å². The molecule has 4 heteroatoms. The molecule has 0 bridgehead atoms. The molecule has 3 nitrogen and oxygen atoms in total. The van der Waals surface area contributed by atoms with Gasteiger partial charge in [-0.2, -0.15) is 6.42 Å². The smallest absolute Gasteiger partial charge is 0.0694 e. The fourth-order valence-corrected chi connectivity index (χ4v) is 0.287. The summed E-state index contributed by atoms with van der Waals surface area (Å²) in [6, 6.07) is 0. The topological polar surface area (TPSA) is 46.2 Å². The van der Waals surface area contributed by atoms with Gasteiger partial charge in [-0.3, -0.25) is 0 Å². The molecule has 1 N–H and O–H groups in total. The maximum atomic E-state index is 10.2. The number of hydrogen-bond acceptors (Lipinski definition) is 2. The summed E-state index contributed by atoms with van der Waals surface area (Å²) >= 11 is 0. The summed E-state index contributed by atoms with van der Waals surface area (Å²) < 4.78 is 0. The van der Waals surface area contributed by atoms with Crippen molar-refractivity contribution in [1.82, 2.24) is 5.32 Å². The zero-order valence-corrected chi connectivity index (χ0v) is 8.02. The van der Waals surface area contributed by atoms with E-state index in [2.05, 4.69) is 0 Å². The van der Waals surface area contributed by atoms with Crippen molar-refractivity contribution in [3.05, 3.63) is 6.42 Å². The summed E-state index contributed by atoms with van der Waals surface area (Å²) in [7, 11) is 0. The van der Waals surface area contributed by atoms with Crippen molar-refractivity contribution in [2.45, 2.75) is 13.3 Å². The maximum absolute atomic E-state index is 10.2. The number of imide groups is 1. The van der Waals surface area contributed by atoms with E-state index in [1.807, 2.05) is 12.2 Å². The third-order valence-electron chi connectivity index (χ3n) is 0.564. The Morgan fingerprint density at radius 1 is 1.78 bits per heavy atom. The molecule has 0 aromatic carbocycles. The van der Waals surface area contributed by atoms with Crippen LogP contribution in [-0.2, 0) is 42.3 Å². The molecule has 9 heavy (non-hydrogen) atoms. The molecule has 0 unspecified atom stereocenters. The molecular weight excluding hydrogens is 195 g/mol. The molecule has 0 atom stereocenters. The van der Waals surface area contributed by atoms with Gasteiger partial charge in [0, 0.05) is 32.7 Å². The second-order valence-corrected chi connectivity index (χ2v) is 1.20. The van der Waals surface area contributed by atoms with Crippen LogP contribution in [0.25, 0.3) is 0 Å². The molecule has 0 aromatic rings. The van der Waals surface area contributed by atoms with Gasteiger partial charge < -0.3 is 21.3 Å². The summed E-state index contributed by atoms with van der Waals surface area (Å²) in [6.07, 6.45) is 3.27. The first-order valence-corrected chi connectivity index (χ1v) is 2.31. The number of amides is 2. The van der Waals surface area contributed by atoms with Gasteiger partial charge in [0.1, 0.15) is 0 Å². The van der Waals surface area contributed by atoms with Crippen LogP contribution in [0.4, 0.5) is 0 Å². The minimum Gasteiger partial charge on any atom is -0.487 e. The minimum atomic E-state index is -0.387. The summed E-state index contributed by atoms with van der Waals surface area (Å²) in [5, 5.41) is 1.85. The van der Waals surface area contributed by atoms with Crippen molar-refractivity contribution >= 4 is 12.3 Å².